The highest BCUT2D eigenvalue weighted by molar-refractivity contribution is 7.13. The van der Waals surface area contributed by atoms with Crippen molar-refractivity contribution in [3.05, 3.63) is 63.8 Å². The van der Waals surface area contributed by atoms with Crippen molar-refractivity contribution < 1.29 is 9.21 Å². The monoisotopic (exact) mass is 374 g/mol. The fourth-order valence-corrected chi connectivity index (χ4v) is 3.54. The number of rotatable bonds is 6. The maximum atomic E-state index is 12.6. The van der Waals surface area contributed by atoms with Gasteiger partial charge in [-0.05, 0) is 43.7 Å². The minimum absolute atomic E-state index is 0.0509. The van der Waals surface area contributed by atoms with Crippen molar-refractivity contribution in [2.24, 2.45) is 0 Å². The van der Waals surface area contributed by atoms with Crippen LogP contribution in [0.5, 0.6) is 0 Å². The third-order valence-electron chi connectivity index (χ3n) is 3.83. The molecule has 0 bridgehead atoms. The summed E-state index contributed by atoms with van der Waals surface area (Å²) in [6, 6.07) is 11.4. The highest BCUT2D eigenvalue weighted by Crippen LogP contribution is 2.26. The Morgan fingerprint density at radius 1 is 1.32 bits per heavy atom. The van der Waals surface area contributed by atoms with Crippen LogP contribution in [-0.4, -0.2) is 22.3 Å². The fraction of sp³-hybridized carbons (Fsp3) is 0.263. The number of likely N-dealkylation sites (N-methyl/N-ethyl adjacent to an activating group) is 1. The lowest BCUT2D eigenvalue weighted by molar-refractivity contribution is -0.130. The molecule has 0 unspecified atom stereocenters. The van der Waals surface area contributed by atoms with Gasteiger partial charge >= 0.3 is 0 Å². The summed E-state index contributed by atoms with van der Waals surface area (Å²) in [5.41, 5.74) is 1.79. The Labute approximate surface area is 156 Å². The summed E-state index contributed by atoms with van der Waals surface area (Å²) in [5.74, 6) is 1.64. The zero-order valence-electron chi connectivity index (χ0n) is 14.2. The predicted octanol–water partition coefficient (Wildman–Crippen LogP) is 4.96. The molecule has 6 heteroatoms. The van der Waals surface area contributed by atoms with Gasteiger partial charge < -0.3 is 9.32 Å². The zero-order chi connectivity index (χ0) is 17.8. The molecule has 130 valence electrons. The van der Waals surface area contributed by atoms with Crippen LogP contribution < -0.4 is 0 Å². The van der Waals surface area contributed by atoms with Gasteiger partial charge in [-0.15, -0.1) is 11.3 Å². The van der Waals surface area contributed by atoms with Crippen LogP contribution in [0.25, 0.3) is 10.8 Å². The number of aryl methyl sites for hydroxylation is 1. The second kappa shape index (κ2) is 7.85. The minimum atomic E-state index is 0.0509. The lowest BCUT2D eigenvalue weighted by Crippen LogP contribution is -2.31. The van der Waals surface area contributed by atoms with Gasteiger partial charge in [0.25, 0.3) is 0 Å². The van der Waals surface area contributed by atoms with Gasteiger partial charge in [-0.3, -0.25) is 4.79 Å². The Morgan fingerprint density at radius 3 is 2.84 bits per heavy atom. The lowest BCUT2D eigenvalue weighted by Gasteiger charge is -2.20. The molecule has 4 nitrogen and oxygen atoms in total. The van der Waals surface area contributed by atoms with E-state index in [0.29, 0.717) is 18.1 Å². The smallest absolute Gasteiger partial charge is 0.228 e. The molecule has 0 aliphatic carbocycles. The number of aromatic nitrogens is 1. The molecule has 1 amide bonds. The third-order valence-corrected chi connectivity index (χ3v) is 4.97. The number of hydrogen-bond acceptors (Lipinski definition) is 4. The summed E-state index contributed by atoms with van der Waals surface area (Å²) in [4.78, 5) is 19.0. The van der Waals surface area contributed by atoms with Gasteiger partial charge in [0, 0.05) is 23.5 Å². The number of benzene rings is 1. The summed E-state index contributed by atoms with van der Waals surface area (Å²) < 4.78 is 5.59. The van der Waals surface area contributed by atoms with Crippen LogP contribution in [0.4, 0.5) is 0 Å². The highest BCUT2D eigenvalue weighted by atomic mass is 35.5. The molecule has 1 aromatic carbocycles. The molecule has 25 heavy (non-hydrogen) atoms. The fourth-order valence-electron chi connectivity index (χ4n) is 2.55. The molecule has 0 saturated carbocycles. The number of carbonyl (C=O) groups excluding carboxylic acids is 1. The van der Waals surface area contributed by atoms with E-state index in [4.69, 9.17) is 16.0 Å². The summed E-state index contributed by atoms with van der Waals surface area (Å²) in [6.07, 6.45) is 0.282. The molecule has 3 aromatic rings. The highest BCUT2D eigenvalue weighted by Gasteiger charge is 2.16. The number of hydrogen-bond donors (Lipinski definition) is 0. The number of amides is 1. The van der Waals surface area contributed by atoms with Crippen molar-refractivity contribution in [3.8, 4) is 10.8 Å². The van der Waals surface area contributed by atoms with Gasteiger partial charge in [0.2, 0.25) is 5.91 Å². The molecule has 2 heterocycles. The molecular formula is C19H19ClN2O2S. The van der Waals surface area contributed by atoms with Crippen molar-refractivity contribution in [1.82, 2.24) is 9.88 Å². The van der Waals surface area contributed by atoms with E-state index in [-0.39, 0.29) is 12.3 Å². The first kappa shape index (κ1) is 17.7. The molecule has 0 N–H and O–H groups in total. The molecule has 0 spiro atoms. The van der Waals surface area contributed by atoms with Crippen LogP contribution in [0.1, 0.15) is 23.9 Å². The normalized spacial score (nSPS) is 10.8. The topological polar surface area (TPSA) is 46.3 Å². The van der Waals surface area contributed by atoms with E-state index in [2.05, 4.69) is 4.98 Å². The van der Waals surface area contributed by atoms with Gasteiger partial charge in [0.05, 0.1) is 12.1 Å². The number of carbonyl (C=O) groups is 1. The van der Waals surface area contributed by atoms with E-state index in [1.807, 2.05) is 60.5 Å². The number of thiazole rings is 1. The van der Waals surface area contributed by atoms with Crippen molar-refractivity contribution in [2.45, 2.75) is 26.8 Å². The molecular weight excluding hydrogens is 356 g/mol. The van der Waals surface area contributed by atoms with Gasteiger partial charge in [-0.2, -0.15) is 0 Å². The molecule has 0 radical (unpaired) electrons. The van der Waals surface area contributed by atoms with E-state index in [0.717, 1.165) is 27.8 Å². The van der Waals surface area contributed by atoms with Gasteiger partial charge in [0.15, 0.2) is 10.8 Å². The maximum absolute atomic E-state index is 12.6. The van der Waals surface area contributed by atoms with E-state index >= 15 is 0 Å². The maximum Gasteiger partial charge on any atom is 0.228 e. The minimum Gasteiger partial charge on any atom is -0.459 e. The van der Waals surface area contributed by atoms with Gasteiger partial charge in [-0.25, -0.2) is 4.98 Å². The van der Waals surface area contributed by atoms with Crippen LogP contribution >= 0.6 is 22.9 Å². The van der Waals surface area contributed by atoms with E-state index in [1.165, 1.54) is 11.3 Å². The molecule has 0 aliphatic heterocycles. The molecule has 0 aliphatic rings. The van der Waals surface area contributed by atoms with Crippen LogP contribution in [0.2, 0.25) is 5.02 Å². The van der Waals surface area contributed by atoms with E-state index in [1.54, 1.807) is 0 Å². The first-order valence-corrected chi connectivity index (χ1v) is 9.34. The van der Waals surface area contributed by atoms with Crippen LogP contribution in [-0.2, 0) is 17.8 Å². The number of nitrogens with zero attached hydrogens (tertiary/aromatic N) is 2. The molecule has 0 saturated heterocycles. The van der Waals surface area contributed by atoms with Crippen LogP contribution in [0.15, 0.2) is 46.2 Å². The van der Waals surface area contributed by atoms with Crippen LogP contribution in [0, 0.1) is 6.92 Å². The standard InChI is InChI=1S/C19H19ClN2O2S/c1-3-22(11-14-5-4-6-15(20)9-14)18(23)10-16-12-25-19(21-16)17-8-7-13(2)24-17/h4-9,12H,3,10-11H2,1-2H3. The van der Waals surface area contributed by atoms with Crippen molar-refractivity contribution in [3.63, 3.8) is 0 Å². The quantitative estimate of drug-likeness (QED) is 0.612. The average Bonchev–Trinajstić information content (AvgIpc) is 3.21. The molecule has 3 rings (SSSR count). The van der Waals surface area contributed by atoms with Crippen molar-refractivity contribution in [2.75, 3.05) is 6.54 Å². The molecule has 0 fully saturated rings. The lowest BCUT2D eigenvalue weighted by atomic mass is 10.2. The largest absolute Gasteiger partial charge is 0.459 e. The summed E-state index contributed by atoms with van der Waals surface area (Å²) in [5, 5.41) is 3.39. The Kier molecular flexibility index (Phi) is 5.56. The van der Waals surface area contributed by atoms with Gasteiger partial charge in [-0.1, -0.05) is 23.7 Å². The third kappa shape index (κ3) is 4.50. The summed E-state index contributed by atoms with van der Waals surface area (Å²) >= 11 is 7.51. The van der Waals surface area contributed by atoms with Crippen LogP contribution in [0.3, 0.4) is 0 Å². The van der Waals surface area contributed by atoms with Crippen molar-refractivity contribution in [1.29, 1.82) is 0 Å². The number of furan rings is 1. The summed E-state index contributed by atoms with van der Waals surface area (Å²) in [7, 11) is 0. The second-order valence-electron chi connectivity index (χ2n) is 5.77. The Hall–Kier alpha value is -2.11. The molecule has 0 atom stereocenters. The first-order valence-electron chi connectivity index (χ1n) is 8.08. The average molecular weight is 375 g/mol. The SMILES string of the molecule is CCN(Cc1cccc(Cl)c1)C(=O)Cc1csc(-c2ccc(C)o2)n1. The Morgan fingerprint density at radius 2 is 2.16 bits per heavy atom. The van der Waals surface area contributed by atoms with Crippen molar-refractivity contribution >= 4 is 28.8 Å². The summed E-state index contributed by atoms with van der Waals surface area (Å²) in [6.45, 7) is 5.06. The first-order chi connectivity index (χ1) is 12.0. The van der Waals surface area contributed by atoms with Gasteiger partial charge in [0.1, 0.15) is 5.76 Å². The molecule has 2 aromatic heterocycles. The predicted molar refractivity (Wildman–Crippen MR) is 101 cm³/mol. The number of halogens is 1. The zero-order valence-corrected chi connectivity index (χ0v) is 15.7. The van der Waals surface area contributed by atoms with E-state index in [9.17, 15) is 4.79 Å². The van der Waals surface area contributed by atoms with E-state index < -0.39 is 0 Å². The Bertz CT molecular complexity index is 872. The second-order valence-corrected chi connectivity index (χ2v) is 7.06. The Balaban J connectivity index is 1.67.